The average Bonchev–Trinajstić information content (AvgIpc) is 2.63. The van der Waals surface area contributed by atoms with Gasteiger partial charge in [-0.15, -0.1) is 0 Å². The first-order chi connectivity index (χ1) is 8.62. The Labute approximate surface area is 108 Å². The van der Waals surface area contributed by atoms with Crippen LogP contribution in [0.3, 0.4) is 0 Å². The third-order valence-electron chi connectivity index (χ3n) is 3.45. The summed E-state index contributed by atoms with van der Waals surface area (Å²) in [5.74, 6) is 0.277. The Morgan fingerprint density at radius 1 is 1.33 bits per heavy atom. The van der Waals surface area contributed by atoms with Crippen molar-refractivity contribution in [3.05, 3.63) is 35.9 Å². The average molecular weight is 245 g/mol. The summed E-state index contributed by atoms with van der Waals surface area (Å²) in [6.07, 6.45) is 2.68. The van der Waals surface area contributed by atoms with E-state index in [-0.39, 0.29) is 5.91 Å². The summed E-state index contributed by atoms with van der Waals surface area (Å²) in [5, 5.41) is 0. The van der Waals surface area contributed by atoms with Gasteiger partial charge in [0.2, 0.25) is 0 Å². The Hall–Kier alpha value is -1.84. The molecule has 0 radical (unpaired) electrons. The number of hydrogen-bond acceptors (Lipinski definition) is 3. The summed E-state index contributed by atoms with van der Waals surface area (Å²) in [4.78, 5) is 18.4. The van der Waals surface area contributed by atoms with Gasteiger partial charge in [0.25, 0.3) is 5.91 Å². The van der Waals surface area contributed by atoms with Crippen LogP contribution in [-0.2, 0) is 10.3 Å². The summed E-state index contributed by atoms with van der Waals surface area (Å²) >= 11 is 0. The van der Waals surface area contributed by atoms with Gasteiger partial charge in [-0.1, -0.05) is 50.1 Å². The van der Waals surface area contributed by atoms with Crippen LogP contribution in [0.25, 0.3) is 0 Å². The zero-order valence-electron chi connectivity index (χ0n) is 10.9. The van der Waals surface area contributed by atoms with E-state index >= 15 is 0 Å². The van der Waals surface area contributed by atoms with Gasteiger partial charge >= 0.3 is 0 Å². The summed E-state index contributed by atoms with van der Waals surface area (Å²) in [6.45, 7) is 2.11. The molecule has 0 saturated carbocycles. The van der Waals surface area contributed by atoms with Crippen molar-refractivity contribution in [2.75, 3.05) is 7.05 Å². The molecule has 4 heteroatoms. The molecule has 96 valence electrons. The highest BCUT2D eigenvalue weighted by Gasteiger charge is 2.47. The number of likely N-dealkylation sites (N-methyl/N-ethyl adjacent to an activating group) is 1. The molecule has 0 unspecified atom stereocenters. The Morgan fingerprint density at radius 2 is 2.00 bits per heavy atom. The monoisotopic (exact) mass is 245 g/mol. The molecule has 0 fully saturated rings. The largest absolute Gasteiger partial charge is 0.369 e. The number of amides is 1. The van der Waals surface area contributed by atoms with Crippen LogP contribution in [0.1, 0.15) is 31.7 Å². The lowest BCUT2D eigenvalue weighted by molar-refractivity contribution is -0.130. The number of benzene rings is 1. The molecule has 2 rings (SSSR count). The molecule has 0 bridgehead atoms. The second kappa shape index (κ2) is 4.80. The van der Waals surface area contributed by atoms with Crippen molar-refractivity contribution in [1.29, 1.82) is 0 Å². The minimum atomic E-state index is -0.809. The number of guanidine groups is 1. The van der Waals surface area contributed by atoms with Crippen molar-refractivity contribution in [3.63, 3.8) is 0 Å². The third-order valence-corrected chi connectivity index (χ3v) is 3.45. The quantitative estimate of drug-likeness (QED) is 0.880. The summed E-state index contributed by atoms with van der Waals surface area (Å²) in [7, 11) is 1.68. The normalized spacial score (nSPS) is 23.3. The topological polar surface area (TPSA) is 58.7 Å². The molecule has 0 aliphatic carbocycles. The first-order valence-corrected chi connectivity index (χ1v) is 6.31. The molecule has 1 heterocycles. The van der Waals surface area contributed by atoms with Crippen molar-refractivity contribution >= 4 is 11.9 Å². The Balaban J connectivity index is 2.46. The van der Waals surface area contributed by atoms with E-state index in [4.69, 9.17) is 5.73 Å². The van der Waals surface area contributed by atoms with Gasteiger partial charge < -0.3 is 5.73 Å². The molecule has 1 aromatic carbocycles. The number of rotatable bonds is 4. The molecule has 0 spiro atoms. The SMILES string of the molecule is CCCC[C@]1(c2ccccc2)N=C(N)N(C)C1=O. The van der Waals surface area contributed by atoms with Crippen molar-refractivity contribution < 1.29 is 4.79 Å². The van der Waals surface area contributed by atoms with Crippen LogP contribution in [0.4, 0.5) is 0 Å². The highest BCUT2D eigenvalue weighted by molar-refractivity contribution is 6.06. The van der Waals surface area contributed by atoms with Crippen molar-refractivity contribution in [2.45, 2.75) is 31.7 Å². The van der Waals surface area contributed by atoms with E-state index in [1.165, 1.54) is 4.90 Å². The van der Waals surface area contributed by atoms with E-state index in [1.807, 2.05) is 30.3 Å². The van der Waals surface area contributed by atoms with Crippen LogP contribution < -0.4 is 5.73 Å². The van der Waals surface area contributed by atoms with E-state index in [2.05, 4.69) is 11.9 Å². The molecule has 1 atom stereocenters. The van der Waals surface area contributed by atoms with E-state index in [0.29, 0.717) is 12.4 Å². The number of nitrogens with zero attached hydrogens (tertiary/aromatic N) is 2. The highest BCUT2D eigenvalue weighted by Crippen LogP contribution is 2.37. The van der Waals surface area contributed by atoms with Gasteiger partial charge in [-0.05, 0) is 12.0 Å². The molecule has 2 N–H and O–H groups in total. The summed E-state index contributed by atoms with van der Waals surface area (Å²) < 4.78 is 0. The fourth-order valence-corrected chi connectivity index (χ4v) is 2.34. The van der Waals surface area contributed by atoms with Crippen molar-refractivity contribution in [3.8, 4) is 0 Å². The van der Waals surface area contributed by atoms with E-state index in [9.17, 15) is 4.79 Å². The fraction of sp³-hybridized carbons (Fsp3) is 0.429. The molecule has 1 aromatic rings. The van der Waals surface area contributed by atoms with Gasteiger partial charge in [0.05, 0.1) is 0 Å². The first kappa shape index (κ1) is 12.6. The minimum absolute atomic E-state index is 0.0281. The summed E-state index contributed by atoms with van der Waals surface area (Å²) in [5.41, 5.74) is 5.93. The van der Waals surface area contributed by atoms with Gasteiger partial charge in [-0.3, -0.25) is 9.69 Å². The number of nitrogens with two attached hydrogens (primary N) is 1. The van der Waals surface area contributed by atoms with Crippen molar-refractivity contribution in [2.24, 2.45) is 10.7 Å². The lowest BCUT2D eigenvalue weighted by Gasteiger charge is -2.25. The lowest BCUT2D eigenvalue weighted by atomic mass is 9.85. The minimum Gasteiger partial charge on any atom is -0.369 e. The van der Waals surface area contributed by atoms with E-state index in [0.717, 1.165) is 18.4 Å². The second-order valence-electron chi connectivity index (χ2n) is 4.66. The van der Waals surface area contributed by atoms with Gasteiger partial charge in [0, 0.05) is 7.05 Å². The molecule has 1 aliphatic heterocycles. The van der Waals surface area contributed by atoms with Gasteiger partial charge in [0.1, 0.15) is 0 Å². The van der Waals surface area contributed by atoms with Gasteiger partial charge in [-0.25, -0.2) is 4.99 Å². The Morgan fingerprint density at radius 3 is 2.50 bits per heavy atom. The predicted molar refractivity (Wildman–Crippen MR) is 72.0 cm³/mol. The highest BCUT2D eigenvalue weighted by atomic mass is 16.2. The van der Waals surface area contributed by atoms with Crippen LogP contribution in [0.2, 0.25) is 0 Å². The number of unbranched alkanes of at least 4 members (excludes halogenated alkanes) is 1. The van der Waals surface area contributed by atoms with Crippen LogP contribution in [0.15, 0.2) is 35.3 Å². The zero-order valence-corrected chi connectivity index (χ0v) is 10.9. The molecule has 1 amide bonds. The molecular formula is C14H19N3O. The van der Waals surface area contributed by atoms with Crippen LogP contribution >= 0.6 is 0 Å². The number of carbonyl (C=O) groups excluding carboxylic acids is 1. The standard InChI is InChI=1S/C14H19N3O/c1-3-4-10-14(11-8-6-5-7-9-11)12(18)17(2)13(15)16-14/h5-9H,3-4,10H2,1-2H3,(H2,15,16)/t14-/m1/s1. The Kier molecular flexibility index (Phi) is 3.36. The smallest absolute Gasteiger partial charge is 0.261 e. The maximum atomic E-state index is 12.5. The number of hydrogen-bond donors (Lipinski definition) is 1. The molecule has 18 heavy (non-hydrogen) atoms. The molecule has 4 nitrogen and oxygen atoms in total. The molecule has 0 saturated heterocycles. The van der Waals surface area contributed by atoms with Gasteiger partial charge in [-0.2, -0.15) is 0 Å². The lowest BCUT2D eigenvalue weighted by Crippen LogP contribution is -2.40. The third kappa shape index (κ3) is 1.88. The maximum Gasteiger partial charge on any atom is 0.261 e. The number of aliphatic imine (C=N–C) groups is 1. The first-order valence-electron chi connectivity index (χ1n) is 6.31. The Bertz CT molecular complexity index is 469. The second-order valence-corrected chi connectivity index (χ2v) is 4.66. The van der Waals surface area contributed by atoms with Crippen LogP contribution in [0.5, 0.6) is 0 Å². The van der Waals surface area contributed by atoms with Crippen LogP contribution in [-0.4, -0.2) is 23.8 Å². The molecule has 1 aliphatic rings. The van der Waals surface area contributed by atoms with Crippen molar-refractivity contribution in [1.82, 2.24) is 4.90 Å². The molecular weight excluding hydrogens is 226 g/mol. The number of carbonyl (C=O) groups is 1. The van der Waals surface area contributed by atoms with Gasteiger partial charge in [0.15, 0.2) is 11.5 Å². The fourth-order valence-electron chi connectivity index (χ4n) is 2.34. The predicted octanol–water partition coefficient (Wildman–Crippen LogP) is 1.86. The molecule has 0 aromatic heterocycles. The maximum absolute atomic E-state index is 12.5. The summed E-state index contributed by atoms with van der Waals surface area (Å²) in [6, 6.07) is 9.70. The zero-order chi connectivity index (χ0) is 13.2. The van der Waals surface area contributed by atoms with E-state index < -0.39 is 5.54 Å². The van der Waals surface area contributed by atoms with Crippen LogP contribution in [0, 0.1) is 0 Å². The van der Waals surface area contributed by atoms with E-state index in [1.54, 1.807) is 7.05 Å².